The van der Waals surface area contributed by atoms with Crippen LogP contribution in [0.15, 0.2) is 0 Å². The van der Waals surface area contributed by atoms with E-state index in [1.165, 1.54) is 0 Å². The summed E-state index contributed by atoms with van der Waals surface area (Å²) in [5.41, 5.74) is 2.02. The molecule has 5 N–H and O–H groups in total. The quantitative estimate of drug-likeness (QED) is 0.252. The third-order valence-corrected chi connectivity index (χ3v) is 0.596. The van der Waals surface area contributed by atoms with Crippen molar-refractivity contribution in [1.29, 1.82) is 0 Å². The highest BCUT2D eigenvalue weighted by molar-refractivity contribution is 5.72. The van der Waals surface area contributed by atoms with Crippen LogP contribution in [0.3, 0.4) is 0 Å². The van der Waals surface area contributed by atoms with E-state index in [1.54, 1.807) is 0 Å². The molecule has 1 atom stereocenters. The Bertz CT molecular complexity index is 84.6. The van der Waals surface area contributed by atoms with Crippen molar-refractivity contribution in [2.24, 2.45) is 5.84 Å². The van der Waals surface area contributed by atoms with Crippen LogP contribution in [-0.4, -0.2) is 28.8 Å². The lowest BCUT2D eigenvalue weighted by Gasteiger charge is -2.00. The molecule has 0 fully saturated rings. The number of nitrogens with one attached hydrogen (secondary N) is 1. The summed E-state index contributed by atoms with van der Waals surface area (Å²) in [6, 6.07) is 0. The van der Waals surface area contributed by atoms with E-state index >= 15 is 0 Å². The lowest BCUT2D eigenvalue weighted by Crippen LogP contribution is -2.36. The van der Waals surface area contributed by atoms with Gasteiger partial charge in [-0.3, -0.25) is 11.3 Å². The molecular weight excluding hydrogens is 112 g/mol. The van der Waals surface area contributed by atoms with Crippen LogP contribution in [0.2, 0.25) is 0 Å². The van der Waals surface area contributed by atoms with E-state index in [-0.39, 0.29) is 6.54 Å². The first-order valence-electron chi connectivity index (χ1n) is 2.03. The Morgan fingerprint density at radius 2 is 2.38 bits per heavy atom. The number of aliphatic carboxylic acids is 1. The molecule has 0 aliphatic carbocycles. The van der Waals surface area contributed by atoms with Gasteiger partial charge in [0.05, 0.1) is 0 Å². The summed E-state index contributed by atoms with van der Waals surface area (Å²) in [5.74, 6) is 3.42. The van der Waals surface area contributed by atoms with Crippen LogP contribution < -0.4 is 11.3 Å². The fraction of sp³-hybridized carbons (Fsp3) is 0.667. The van der Waals surface area contributed by atoms with Gasteiger partial charge in [-0.2, -0.15) is 0 Å². The Morgan fingerprint density at radius 3 is 2.50 bits per heavy atom. The van der Waals surface area contributed by atoms with Gasteiger partial charge in [0.25, 0.3) is 0 Å². The van der Waals surface area contributed by atoms with Gasteiger partial charge in [-0.15, -0.1) is 0 Å². The van der Waals surface area contributed by atoms with Crippen LogP contribution in [0.1, 0.15) is 0 Å². The molecule has 0 aliphatic heterocycles. The molecule has 0 unspecified atom stereocenters. The maximum absolute atomic E-state index is 9.74. The lowest BCUT2D eigenvalue weighted by atomic mass is 10.4. The standard InChI is InChI=1S/C3H8N2O3/c4-5-1-2(6)3(7)8/h2,5-6H,1,4H2,(H,7,8)/t2-/m0/s1. The molecule has 0 amide bonds. The molecule has 0 aromatic rings. The number of hydrogen-bond donors (Lipinski definition) is 4. The number of carbonyl (C=O) groups is 1. The van der Waals surface area contributed by atoms with Crippen molar-refractivity contribution in [3.63, 3.8) is 0 Å². The highest BCUT2D eigenvalue weighted by atomic mass is 16.4. The lowest BCUT2D eigenvalue weighted by molar-refractivity contribution is -0.146. The predicted molar refractivity (Wildman–Crippen MR) is 25.8 cm³/mol. The molecule has 48 valence electrons. The van der Waals surface area contributed by atoms with Crippen LogP contribution in [0.25, 0.3) is 0 Å². The number of aliphatic hydroxyl groups is 1. The molecule has 0 saturated heterocycles. The van der Waals surface area contributed by atoms with Crippen molar-refractivity contribution in [1.82, 2.24) is 5.43 Å². The highest BCUT2D eigenvalue weighted by Crippen LogP contribution is 1.75. The summed E-state index contributed by atoms with van der Waals surface area (Å²) in [5, 5.41) is 16.4. The smallest absolute Gasteiger partial charge is 0.333 e. The fourth-order valence-corrected chi connectivity index (χ4v) is 0.199. The molecule has 0 aliphatic rings. The second kappa shape index (κ2) is 3.36. The summed E-state index contributed by atoms with van der Waals surface area (Å²) in [7, 11) is 0. The second-order valence-corrected chi connectivity index (χ2v) is 1.26. The van der Waals surface area contributed by atoms with E-state index in [2.05, 4.69) is 0 Å². The Hall–Kier alpha value is -0.650. The minimum Gasteiger partial charge on any atom is -0.479 e. The second-order valence-electron chi connectivity index (χ2n) is 1.26. The number of rotatable bonds is 3. The van der Waals surface area contributed by atoms with Gasteiger partial charge < -0.3 is 10.2 Å². The van der Waals surface area contributed by atoms with Crippen LogP contribution in [0.5, 0.6) is 0 Å². The fourth-order valence-electron chi connectivity index (χ4n) is 0.199. The minimum absolute atomic E-state index is 0.130. The van der Waals surface area contributed by atoms with Gasteiger partial charge in [-0.1, -0.05) is 0 Å². The van der Waals surface area contributed by atoms with Gasteiger partial charge in [0.2, 0.25) is 0 Å². The molecule has 0 aromatic carbocycles. The van der Waals surface area contributed by atoms with E-state index in [0.29, 0.717) is 0 Å². The van der Waals surface area contributed by atoms with Crippen molar-refractivity contribution in [3.05, 3.63) is 0 Å². The molecule has 5 nitrogen and oxygen atoms in total. The van der Waals surface area contributed by atoms with Gasteiger partial charge in [-0.25, -0.2) is 4.79 Å². The average molecular weight is 120 g/mol. The normalized spacial score (nSPS) is 13.2. The molecule has 0 heterocycles. The monoisotopic (exact) mass is 120 g/mol. The van der Waals surface area contributed by atoms with E-state index < -0.39 is 12.1 Å². The summed E-state index contributed by atoms with van der Waals surface area (Å²) in [6.45, 7) is -0.130. The van der Waals surface area contributed by atoms with Gasteiger partial charge in [-0.05, 0) is 0 Å². The number of carboxylic acid groups (broad SMARTS) is 1. The SMILES string of the molecule is NNC[C@H](O)C(=O)O. The molecule has 5 heteroatoms. The highest BCUT2D eigenvalue weighted by Gasteiger charge is 2.09. The summed E-state index contributed by atoms with van der Waals surface area (Å²) in [6.07, 6.45) is -1.40. The zero-order valence-electron chi connectivity index (χ0n) is 4.16. The Morgan fingerprint density at radius 1 is 1.88 bits per heavy atom. The first kappa shape index (κ1) is 7.35. The maximum Gasteiger partial charge on any atom is 0.333 e. The van der Waals surface area contributed by atoms with Gasteiger partial charge in [0.15, 0.2) is 6.10 Å². The van der Waals surface area contributed by atoms with Crippen molar-refractivity contribution in [3.8, 4) is 0 Å². The summed E-state index contributed by atoms with van der Waals surface area (Å²) >= 11 is 0. The van der Waals surface area contributed by atoms with E-state index in [4.69, 9.17) is 16.1 Å². The Balaban J connectivity index is 3.32. The average Bonchev–Trinajstić information content (AvgIpc) is 1.67. The van der Waals surface area contributed by atoms with Crippen LogP contribution in [-0.2, 0) is 4.79 Å². The number of aliphatic hydroxyl groups excluding tert-OH is 1. The minimum atomic E-state index is -1.40. The molecule has 8 heavy (non-hydrogen) atoms. The van der Waals surface area contributed by atoms with Crippen molar-refractivity contribution in [2.45, 2.75) is 6.10 Å². The topological polar surface area (TPSA) is 95.6 Å². The first-order valence-corrected chi connectivity index (χ1v) is 2.03. The zero-order valence-corrected chi connectivity index (χ0v) is 4.16. The Kier molecular flexibility index (Phi) is 3.09. The first-order chi connectivity index (χ1) is 3.68. The van der Waals surface area contributed by atoms with Crippen LogP contribution in [0, 0.1) is 0 Å². The third-order valence-electron chi connectivity index (χ3n) is 0.596. The molecular formula is C3H8N2O3. The number of carboxylic acids is 1. The largest absolute Gasteiger partial charge is 0.479 e. The van der Waals surface area contributed by atoms with Crippen molar-refractivity contribution < 1.29 is 15.0 Å². The molecule has 0 saturated carbocycles. The number of nitrogens with two attached hydrogens (primary N) is 1. The summed E-state index contributed by atoms with van der Waals surface area (Å²) < 4.78 is 0. The summed E-state index contributed by atoms with van der Waals surface area (Å²) in [4.78, 5) is 9.74. The van der Waals surface area contributed by atoms with Gasteiger partial charge in [0, 0.05) is 6.54 Å². The van der Waals surface area contributed by atoms with Crippen LogP contribution >= 0.6 is 0 Å². The maximum atomic E-state index is 9.74. The van der Waals surface area contributed by atoms with Crippen molar-refractivity contribution in [2.75, 3.05) is 6.54 Å². The molecule has 0 radical (unpaired) electrons. The molecule has 0 aromatic heterocycles. The molecule has 0 bridgehead atoms. The van der Waals surface area contributed by atoms with E-state index in [0.717, 1.165) is 0 Å². The predicted octanol–water partition coefficient (Wildman–Crippen LogP) is -2.10. The number of hydrogen-bond acceptors (Lipinski definition) is 4. The number of hydrazine groups is 1. The molecule has 0 rings (SSSR count). The van der Waals surface area contributed by atoms with Gasteiger partial charge in [0.1, 0.15) is 0 Å². The third kappa shape index (κ3) is 2.51. The molecule has 0 spiro atoms. The Labute approximate surface area is 46.1 Å². The van der Waals surface area contributed by atoms with Crippen LogP contribution in [0.4, 0.5) is 0 Å². The van der Waals surface area contributed by atoms with Crippen molar-refractivity contribution >= 4 is 5.97 Å². The van der Waals surface area contributed by atoms with Gasteiger partial charge >= 0.3 is 5.97 Å². The zero-order chi connectivity index (χ0) is 6.57. The van der Waals surface area contributed by atoms with E-state index in [1.807, 2.05) is 5.43 Å². The van der Waals surface area contributed by atoms with E-state index in [9.17, 15) is 4.79 Å².